The lowest BCUT2D eigenvalue weighted by molar-refractivity contribution is -0.127. The number of ether oxygens (including phenoxy) is 4. The van der Waals surface area contributed by atoms with Crippen LogP contribution in [-0.4, -0.2) is 144 Å². The first-order valence-electron chi connectivity index (χ1n) is 21.1. The van der Waals surface area contributed by atoms with Crippen molar-refractivity contribution in [1.82, 2.24) is 9.80 Å². The smallest absolute Gasteiger partial charge is 0.410 e. The number of hydrogen-bond donors (Lipinski definition) is 1. The van der Waals surface area contributed by atoms with Gasteiger partial charge in [-0.25, -0.2) is 18.0 Å². The minimum atomic E-state index is -3.55. The Morgan fingerprint density at radius 3 is 1.40 bits per heavy atom. The molecule has 0 aromatic heterocycles. The van der Waals surface area contributed by atoms with Crippen LogP contribution in [0, 0.1) is 11.8 Å². The number of aliphatic hydroxyl groups is 1. The van der Waals surface area contributed by atoms with E-state index in [0.717, 1.165) is 12.5 Å². The number of carbonyl (C=O) groups is 4. The summed E-state index contributed by atoms with van der Waals surface area (Å²) in [5.41, 5.74) is 0.0804. The number of fused-ring (bicyclic) bond motifs is 2. The molecule has 2 unspecified atom stereocenters. The largest absolute Gasteiger partial charge is 0.478 e. The minimum Gasteiger partial charge on any atom is -0.478 e. The maximum atomic E-state index is 13.2. The van der Waals surface area contributed by atoms with Gasteiger partial charge in [-0.2, -0.15) is 8.42 Å². The predicted molar refractivity (Wildman–Crippen MR) is 268 cm³/mol. The van der Waals surface area contributed by atoms with Crippen LogP contribution in [-0.2, 0) is 42.4 Å². The molecule has 0 bridgehead atoms. The molecule has 18 nitrogen and oxygen atoms in total. The van der Waals surface area contributed by atoms with Crippen molar-refractivity contribution in [3.63, 3.8) is 0 Å². The van der Waals surface area contributed by atoms with Gasteiger partial charge in [0.15, 0.2) is 12.2 Å². The predicted octanol–water partition coefficient (Wildman–Crippen LogP) is 8.48. The first-order valence-corrected chi connectivity index (χ1v) is 27.9. The van der Waals surface area contributed by atoms with Crippen molar-refractivity contribution in [2.45, 2.75) is 98.1 Å². The summed E-state index contributed by atoms with van der Waals surface area (Å²) < 4.78 is 69.8. The Morgan fingerprint density at radius 1 is 0.721 bits per heavy atom. The van der Waals surface area contributed by atoms with Gasteiger partial charge in [0.1, 0.15) is 22.7 Å². The van der Waals surface area contributed by atoms with Crippen molar-refractivity contribution >= 4 is 120 Å². The van der Waals surface area contributed by atoms with Crippen LogP contribution < -0.4 is 19.3 Å². The summed E-state index contributed by atoms with van der Waals surface area (Å²) in [6.07, 6.45) is 1.29. The van der Waals surface area contributed by atoms with E-state index in [9.17, 15) is 36.0 Å². The molecule has 6 rings (SSSR count). The van der Waals surface area contributed by atoms with Crippen LogP contribution in [0.5, 0.6) is 11.5 Å². The quantitative estimate of drug-likeness (QED) is 0.120. The zero-order chi connectivity index (χ0) is 50.4. The molecule has 4 amide bonds. The summed E-state index contributed by atoms with van der Waals surface area (Å²) in [6.45, 7) is 13.8. The monoisotopic (exact) mass is 1180 g/mol. The Bertz CT molecular complexity index is 2350. The third kappa shape index (κ3) is 18.4. The molecule has 2 aromatic carbocycles. The van der Waals surface area contributed by atoms with E-state index in [-0.39, 0.29) is 56.5 Å². The van der Waals surface area contributed by atoms with Crippen LogP contribution in [0.4, 0.5) is 21.0 Å². The number of aliphatic hydroxyl groups excluding tert-OH is 1. The molecule has 2 saturated heterocycles. The summed E-state index contributed by atoms with van der Waals surface area (Å²) in [4.78, 5) is 57.2. The molecule has 4 aliphatic heterocycles. The standard InChI is InChI=1S/C21H28BrClN2O7S.C20H26BrClN2O5.CH3ClO2S.CH4/c1-21(2,3)32-20(27)24-10-13(11-24)12-25-16-9-15(23)14(22)8-18(16)31-17(19(25)26)6-5-7-30-33(4,28)29;1-20(2,3)29-19(27)23-9-12(10-23)11-24-15-8-14(22)13(21)7-17(15)28-16(18(24)26)5-4-6-25;1-5(2,3)4;/h8-9,13,17H,5-7,10-12H2,1-4H3;7-8,12,16,25H,4-6,9-11H2,1-3H3;1H3;1H4. The fraction of sp³-hybridized carbons (Fsp3) is 0.628. The number of benzene rings is 2. The van der Waals surface area contributed by atoms with E-state index in [0.29, 0.717) is 107 Å². The maximum Gasteiger partial charge on any atom is 0.410 e. The number of nitrogens with zero attached hydrogens (tertiary/aromatic N) is 4. The Labute approximate surface area is 430 Å². The van der Waals surface area contributed by atoms with Gasteiger partial charge >= 0.3 is 12.2 Å². The fourth-order valence-corrected chi connectivity index (χ4v) is 8.36. The Morgan fingerprint density at radius 2 is 1.07 bits per heavy atom. The Kier molecular flexibility index (Phi) is 21.5. The number of hydrogen-bond acceptors (Lipinski definition) is 14. The van der Waals surface area contributed by atoms with E-state index >= 15 is 0 Å². The van der Waals surface area contributed by atoms with Gasteiger partial charge < -0.3 is 43.7 Å². The molecule has 25 heteroatoms. The van der Waals surface area contributed by atoms with E-state index in [1.54, 1.807) is 43.9 Å². The SMILES string of the molecule is C.CC(C)(C)OC(=O)N1CC(CN2C(=O)C(CCCO)Oc3cc(Br)c(Cl)cc32)C1.CC(C)(C)OC(=O)N1CC(CN2C(=O)C(CCCOS(C)(=O)=O)Oc3cc(Br)c(Cl)cc32)C1.CS(=O)(=O)Cl. The number of anilines is 2. The van der Waals surface area contributed by atoms with Gasteiger partial charge in [0.05, 0.1) is 40.5 Å². The van der Waals surface area contributed by atoms with Crippen LogP contribution in [0.15, 0.2) is 33.2 Å². The third-order valence-corrected chi connectivity index (χ3v) is 12.8. The van der Waals surface area contributed by atoms with Crippen molar-refractivity contribution < 1.29 is 64.3 Å². The van der Waals surface area contributed by atoms with E-state index in [2.05, 4.69) is 42.5 Å². The van der Waals surface area contributed by atoms with Gasteiger partial charge in [-0.3, -0.25) is 13.8 Å². The highest BCUT2D eigenvalue weighted by Crippen LogP contribution is 2.43. The molecule has 0 spiro atoms. The second-order valence-electron chi connectivity index (χ2n) is 18.3. The van der Waals surface area contributed by atoms with Crippen LogP contribution in [0.3, 0.4) is 0 Å². The highest BCUT2D eigenvalue weighted by molar-refractivity contribution is 9.10. The summed E-state index contributed by atoms with van der Waals surface area (Å²) in [7, 11) is -2.24. The van der Waals surface area contributed by atoms with Crippen LogP contribution >= 0.6 is 65.7 Å². The van der Waals surface area contributed by atoms with Crippen LogP contribution in [0.1, 0.15) is 74.7 Å². The first-order chi connectivity index (χ1) is 30.8. The minimum absolute atomic E-state index is 0. The topological polar surface area (TPSA) is 216 Å². The number of carbonyl (C=O) groups excluding carboxylic acids is 4. The second-order valence-corrected chi connectivity index (χ2v) is 25.5. The number of rotatable bonds is 12. The molecule has 384 valence electrons. The van der Waals surface area contributed by atoms with Crippen molar-refractivity contribution in [3.8, 4) is 11.5 Å². The van der Waals surface area contributed by atoms with Gasteiger partial charge in [0, 0.05) is 77.3 Å². The third-order valence-electron chi connectivity index (χ3n) is 9.84. The summed E-state index contributed by atoms with van der Waals surface area (Å²) in [6, 6.07) is 6.86. The molecule has 0 saturated carbocycles. The lowest BCUT2D eigenvalue weighted by atomic mass is 9.98. The molecular formula is C43H61Br2Cl3N4O14S2. The molecule has 2 atom stereocenters. The first kappa shape index (κ1) is 59.5. The Balaban J connectivity index is 0.000000325. The lowest BCUT2D eigenvalue weighted by Crippen LogP contribution is -2.57. The zero-order valence-corrected chi connectivity index (χ0v) is 45.4. The average Bonchev–Trinajstić information content (AvgIpc) is 3.13. The van der Waals surface area contributed by atoms with E-state index in [4.69, 9.17) is 51.4 Å². The summed E-state index contributed by atoms with van der Waals surface area (Å²) >= 11 is 19.3. The average molecular weight is 1190 g/mol. The molecule has 4 heterocycles. The highest BCUT2D eigenvalue weighted by atomic mass is 79.9. The fourth-order valence-electron chi connectivity index (χ4n) is 6.97. The van der Waals surface area contributed by atoms with Crippen molar-refractivity contribution in [2.75, 3.05) is 74.8 Å². The Hall–Kier alpha value is -2.83. The molecule has 68 heavy (non-hydrogen) atoms. The van der Waals surface area contributed by atoms with Gasteiger partial charge in [0.25, 0.3) is 21.9 Å². The van der Waals surface area contributed by atoms with Crippen LogP contribution in [0.2, 0.25) is 10.0 Å². The summed E-state index contributed by atoms with van der Waals surface area (Å²) in [5.74, 6) is 0.897. The number of amides is 4. The normalized spacial score (nSPS) is 18.4. The number of likely N-dealkylation sites (tertiary alicyclic amines) is 2. The lowest BCUT2D eigenvalue weighted by Gasteiger charge is -2.43. The molecule has 1 N–H and O–H groups in total. The van der Waals surface area contributed by atoms with E-state index < -0.39 is 42.6 Å². The van der Waals surface area contributed by atoms with Crippen LogP contribution in [0.25, 0.3) is 0 Å². The molecule has 0 radical (unpaired) electrons. The van der Waals surface area contributed by atoms with Gasteiger partial charge in [-0.1, -0.05) is 30.6 Å². The van der Waals surface area contributed by atoms with Gasteiger partial charge in [-0.15, -0.1) is 0 Å². The van der Waals surface area contributed by atoms with Crippen molar-refractivity contribution in [3.05, 3.63) is 43.3 Å². The highest BCUT2D eigenvalue weighted by Gasteiger charge is 2.42. The molecule has 2 aromatic rings. The van der Waals surface area contributed by atoms with Gasteiger partial charge in [-0.05, 0) is 123 Å². The van der Waals surface area contributed by atoms with Crippen molar-refractivity contribution in [2.24, 2.45) is 11.8 Å². The molecule has 4 aliphatic rings. The second kappa shape index (κ2) is 24.5. The maximum absolute atomic E-state index is 13.2. The zero-order valence-electron chi connectivity index (χ0n) is 38.4. The van der Waals surface area contributed by atoms with E-state index in [1.807, 2.05) is 41.5 Å². The van der Waals surface area contributed by atoms with E-state index in [1.165, 1.54) is 0 Å². The van der Waals surface area contributed by atoms with Gasteiger partial charge in [0.2, 0.25) is 9.05 Å². The molecular weight excluding hydrogens is 1130 g/mol. The van der Waals surface area contributed by atoms with Crippen molar-refractivity contribution in [1.29, 1.82) is 0 Å². The molecule has 2 fully saturated rings. The summed E-state index contributed by atoms with van der Waals surface area (Å²) in [5, 5.41) is 10.1. The molecule has 0 aliphatic carbocycles. The number of halogens is 5.